The number of rotatable bonds is 15. The van der Waals surface area contributed by atoms with Crippen LogP contribution >= 0.6 is 12.6 Å². The summed E-state index contributed by atoms with van der Waals surface area (Å²) in [5.74, 6) is 0.290. The molecule has 0 spiro atoms. The fraction of sp³-hybridized carbons (Fsp3) is 0.944. The van der Waals surface area contributed by atoms with E-state index in [1.165, 1.54) is 32.1 Å². The lowest BCUT2D eigenvalue weighted by Crippen LogP contribution is -2.20. The quantitative estimate of drug-likeness (QED) is 0.232. The zero-order valence-electron chi connectivity index (χ0n) is 14.2. The van der Waals surface area contributed by atoms with Crippen molar-refractivity contribution in [1.29, 1.82) is 0 Å². The highest BCUT2D eigenvalue weighted by Gasteiger charge is 2.19. The lowest BCUT2D eigenvalue weighted by molar-refractivity contribution is -0.117. The van der Waals surface area contributed by atoms with Crippen molar-refractivity contribution >= 4 is 18.4 Å². The Kier molecular flexibility index (Phi) is 13.6. The second-order valence-corrected chi connectivity index (χ2v) is 7.30. The van der Waals surface area contributed by atoms with Gasteiger partial charge in [-0.05, 0) is 39.0 Å². The van der Waals surface area contributed by atoms with Crippen molar-refractivity contribution in [2.45, 2.75) is 109 Å². The zero-order valence-corrected chi connectivity index (χ0v) is 15.1. The molecule has 126 valence electrons. The van der Waals surface area contributed by atoms with Crippen molar-refractivity contribution in [2.75, 3.05) is 0 Å². The first-order chi connectivity index (χ1) is 9.98. The minimum Gasteiger partial charge on any atom is -0.380 e. The van der Waals surface area contributed by atoms with E-state index >= 15 is 0 Å². The predicted molar refractivity (Wildman–Crippen MR) is 94.9 cm³/mol. The second-order valence-electron chi connectivity index (χ2n) is 6.47. The maximum Gasteiger partial charge on any atom is 0.129 e. The number of unbranched alkanes of at least 4 members (excludes halogenated alkanes) is 9. The molecule has 0 amide bonds. The van der Waals surface area contributed by atoms with Crippen LogP contribution in [0.25, 0.3) is 0 Å². The predicted octanol–water partition coefficient (Wildman–Crippen LogP) is 5.68. The van der Waals surface area contributed by atoms with Crippen molar-refractivity contribution in [1.82, 2.24) is 0 Å². The van der Waals surface area contributed by atoms with Gasteiger partial charge in [-0.2, -0.15) is 0 Å². The molecule has 0 aliphatic rings. The van der Waals surface area contributed by atoms with Crippen LogP contribution in [0.1, 0.15) is 104 Å². The van der Waals surface area contributed by atoms with E-state index in [1.54, 1.807) is 6.92 Å². The first-order valence-electron chi connectivity index (χ1n) is 8.92. The number of carbonyl (C=O) groups is 1. The van der Waals surface area contributed by atoms with Crippen molar-refractivity contribution in [3.63, 3.8) is 0 Å². The third kappa shape index (κ3) is 16.2. The van der Waals surface area contributed by atoms with Gasteiger partial charge in [0.05, 0.1) is 0 Å². The fourth-order valence-electron chi connectivity index (χ4n) is 2.63. The third-order valence-corrected chi connectivity index (χ3v) is 4.48. The van der Waals surface area contributed by atoms with Crippen molar-refractivity contribution in [3.8, 4) is 0 Å². The molecule has 1 atom stereocenters. The smallest absolute Gasteiger partial charge is 0.129 e. The summed E-state index contributed by atoms with van der Waals surface area (Å²) in [5, 5.41) is 10.2. The largest absolute Gasteiger partial charge is 0.380 e. The topological polar surface area (TPSA) is 37.3 Å². The van der Waals surface area contributed by atoms with Crippen LogP contribution in [0.3, 0.4) is 0 Å². The van der Waals surface area contributed by atoms with Gasteiger partial charge in [-0.3, -0.25) is 0 Å². The number of Topliss-reactive ketones (excluding diaryl/α,β-unsaturated/α-hetero) is 1. The van der Waals surface area contributed by atoms with Crippen LogP contribution in [-0.4, -0.2) is 15.8 Å². The molecular formula is C18H36O2S. The van der Waals surface area contributed by atoms with E-state index in [2.05, 4.69) is 19.6 Å². The standard InChI is InChI=1S/C18H36O2S/c1-3-4-5-6-9-12-15-18(20,21)16-13-10-7-8-11-14-17(2)19/h20-21H,3-16H2,1-2H3. The Morgan fingerprint density at radius 3 is 1.76 bits per heavy atom. The Hall–Kier alpha value is -0.0200. The number of ketones is 1. The van der Waals surface area contributed by atoms with Gasteiger partial charge in [0.2, 0.25) is 0 Å². The molecule has 2 nitrogen and oxygen atoms in total. The average Bonchev–Trinajstić information content (AvgIpc) is 2.41. The molecule has 0 aliphatic heterocycles. The summed E-state index contributed by atoms with van der Waals surface area (Å²) in [6.07, 6.45) is 15.3. The minimum atomic E-state index is -0.774. The number of carbonyl (C=O) groups excluding carboxylic acids is 1. The Morgan fingerprint density at radius 2 is 1.29 bits per heavy atom. The molecule has 0 saturated carbocycles. The highest BCUT2D eigenvalue weighted by Crippen LogP contribution is 2.26. The summed E-state index contributed by atoms with van der Waals surface area (Å²) in [7, 11) is 0. The molecule has 0 saturated heterocycles. The van der Waals surface area contributed by atoms with Crippen molar-refractivity contribution < 1.29 is 9.90 Å². The summed E-state index contributed by atoms with van der Waals surface area (Å²) in [6.45, 7) is 3.88. The van der Waals surface area contributed by atoms with Crippen molar-refractivity contribution in [2.24, 2.45) is 0 Å². The fourth-order valence-corrected chi connectivity index (χ4v) is 2.94. The van der Waals surface area contributed by atoms with Crippen LogP contribution < -0.4 is 0 Å². The van der Waals surface area contributed by atoms with E-state index in [1.807, 2.05) is 0 Å². The van der Waals surface area contributed by atoms with Crippen molar-refractivity contribution in [3.05, 3.63) is 0 Å². The Morgan fingerprint density at radius 1 is 0.857 bits per heavy atom. The zero-order chi connectivity index (χ0) is 16.0. The summed E-state index contributed by atoms with van der Waals surface area (Å²) in [4.78, 5) is 10.0. The molecule has 1 N–H and O–H groups in total. The van der Waals surface area contributed by atoms with Crippen LogP contribution in [-0.2, 0) is 4.79 Å². The number of thiol groups is 1. The number of aliphatic hydroxyl groups is 1. The van der Waals surface area contributed by atoms with E-state index in [0.717, 1.165) is 51.4 Å². The summed E-state index contributed by atoms with van der Waals surface area (Å²) in [5.41, 5.74) is 0. The number of hydrogen-bond acceptors (Lipinski definition) is 3. The SMILES string of the molecule is CCCCCCCCC(O)(S)CCCCCCCC(C)=O. The molecule has 21 heavy (non-hydrogen) atoms. The van der Waals surface area contributed by atoms with Crippen LogP contribution in [0.15, 0.2) is 0 Å². The molecule has 0 radical (unpaired) electrons. The first kappa shape index (κ1) is 21.0. The van der Waals surface area contributed by atoms with Gasteiger partial charge < -0.3 is 9.90 Å². The Balaban J connectivity index is 3.40. The number of hydrogen-bond donors (Lipinski definition) is 2. The molecule has 0 rings (SSSR count). The van der Waals surface area contributed by atoms with Gasteiger partial charge in [-0.25, -0.2) is 0 Å². The highest BCUT2D eigenvalue weighted by atomic mass is 32.1. The van der Waals surface area contributed by atoms with Gasteiger partial charge in [-0.15, -0.1) is 12.6 Å². The van der Waals surface area contributed by atoms with Crippen LogP contribution in [0, 0.1) is 0 Å². The summed E-state index contributed by atoms with van der Waals surface area (Å²) >= 11 is 4.41. The third-order valence-electron chi connectivity index (χ3n) is 4.04. The maximum absolute atomic E-state index is 10.8. The van der Waals surface area contributed by atoms with Crippen LogP contribution in [0.5, 0.6) is 0 Å². The highest BCUT2D eigenvalue weighted by molar-refractivity contribution is 7.81. The monoisotopic (exact) mass is 316 g/mol. The second kappa shape index (κ2) is 13.6. The molecular weight excluding hydrogens is 280 g/mol. The van der Waals surface area contributed by atoms with Gasteiger partial charge in [0.25, 0.3) is 0 Å². The van der Waals surface area contributed by atoms with E-state index in [-0.39, 0.29) is 0 Å². The van der Waals surface area contributed by atoms with Crippen LogP contribution in [0.2, 0.25) is 0 Å². The average molecular weight is 317 g/mol. The van der Waals surface area contributed by atoms with E-state index in [4.69, 9.17) is 0 Å². The summed E-state index contributed by atoms with van der Waals surface area (Å²) < 4.78 is 0. The maximum atomic E-state index is 10.8. The van der Waals surface area contributed by atoms with Gasteiger partial charge >= 0.3 is 0 Å². The van der Waals surface area contributed by atoms with E-state index in [0.29, 0.717) is 12.2 Å². The minimum absolute atomic E-state index is 0.290. The first-order valence-corrected chi connectivity index (χ1v) is 9.37. The molecule has 0 aromatic carbocycles. The van der Waals surface area contributed by atoms with Crippen LogP contribution in [0.4, 0.5) is 0 Å². The Bertz CT molecular complexity index is 252. The molecule has 1 unspecified atom stereocenters. The van der Waals surface area contributed by atoms with Gasteiger partial charge in [0.15, 0.2) is 0 Å². The van der Waals surface area contributed by atoms with E-state index in [9.17, 15) is 9.90 Å². The molecule has 0 fully saturated rings. The van der Waals surface area contributed by atoms with Gasteiger partial charge in [0.1, 0.15) is 10.7 Å². The normalized spacial score (nSPS) is 14.1. The van der Waals surface area contributed by atoms with Gasteiger partial charge in [-0.1, -0.05) is 58.3 Å². The molecule has 0 heterocycles. The summed E-state index contributed by atoms with van der Waals surface area (Å²) in [6, 6.07) is 0. The molecule has 0 aromatic heterocycles. The Labute approximate surface area is 137 Å². The molecule has 0 aliphatic carbocycles. The van der Waals surface area contributed by atoms with Gasteiger partial charge in [0, 0.05) is 6.42 Å². The lowest BCUT2D eigenvalue weighted by atomic mass is 10.0. The molecule has 0 aromatic rings. The molecule has 3 heteroatoms. The van der Waals surface area contributed by atoms with E-state index < -0.39 is 4.93 Å². The molecule has 0 bridgehead atoms. The lowest BCUT2D eigenvalue weighted by Gasteiger charge is -2.22.